The molecule has 0 saturated heterocycles. The van der Waals surface area contributed by atoms with Crippen molar-refractivity contribution >= 4 is 28.2 Å². The van der Waals surface area contributed by atoms with Gasteiger partial charge in [0.15, 0.2) is 0 Å². The van der Waals surface area contributed by atoms with E-state index in [9.17, 15) is 14.7 Å². The lowest BCUT2D eigenvalue weighted by molar-refractivity contribution is 0.0695. The number of aromatic carboxylic acids is 1. The number of nitrogens with zero attached hydrogens (tertiary/aromatic N) is 1. The first-order valence-electron chi connectivity index (χ1n) is 9.01. The molecule has 1 aliphatic rings. The summed E-state index contributed by atoms with van der Waals surface area (Å²) >= 11 is 0. The van der Waals surface area contributed by atoms with Crippen LogP contribution >= 0.6 is 0 Å². The van der Waals surface area contributed by atoms with Crippen LogP contribution in [0.3, 0.4) is 0 Å². The highest BCUT2D eigenvalue weighted by Gasteiger charge is 2.38. The van der Waals surface area contributed by atoms with Crippen molar-refractivity contribution in [1.82, 2.24) is 4.57 Å². The Kier molecular flexibility index (Phi) is 4.11. The number of hydrogen-bond acceptors (Lipinski definition) is 4. The van der Waals surface area contributed by atoms with Crippen molar-refractivity contribution in [3.8, 4) is 0 Å². The lowest BCUT2D eigenvalue weighted by Gasteiger charge is -2.14. The van der Waals surface area contributed by atoms with E-state index in [1.165, 1.54) is 11.8 Å². The van der Waals surface area contributed by atoms with Gasteiger partial charge in [-0.05, 0) is 31.0 Å². The van der Waals surface area contributed by atoms with E-state index >= 15 is 0 Å². The molecule has 1 saturated carbocycles. The summed E-state index contributed by atoms with van der Waals surface area (Å²) < 4.78 is 1.75. The molecule has 2 aromatic carbocycles. The standard InChI is InChI=1S/C21H21N3O3/c1-2-24-11-15(21(26)27)20(25)19-16(22)8-13(9-18(19)24)23-17-10-14(17)12-6-4-3-5-7-12/h3-9,11,14,17,23H,2,10,22H2,1H3,(H,26,27)/t14-,17+/m0/s1. The van der Waals surface area contributed by atoms with Crippen LogP contribution in [0.15, 0.2) is 53.5 Å². The minimum atomic E-state index is -1.24. The van der Waals surface area contributed by atoms with Crippen LogP contribution in [-0.2, 0) is 6.54 Å². The van der Waals surface area contributed by atoms with Gasteiger partial charge < -0.3 is 20.7 Å². The third kappa shape index (κ3) is 3.03. The van der Waals surface area contributed by atoms with Crippen molar-refractivity contribution < 1.29 is 9.90 Å². The summed E-state index contributed by atoms with van der Waals surface area (Å²) in [4.78, 5) is 23.9. The maximum Gasteiger partial charge on any atom is 0.341 e. The summed E-state index contributed by atoms with van der Waals surface area (Å²) in [5.74, 6) is -0.778. The van der Waals surface area contributed by atoms with Crippen molar-refractivity contribution in [2.45, 2.75) is 31.8 Å². The number of nitrogen functional groups attached to an aromatic ring is 1. The number of rotatable bonds is 5. The van der Waals surface area contributed by atoms with Gasteiger partial charge in [-0.15, -0.1) is 0 Å². The molecule has 1 heterocycles. The Balaban J connectivity index is 1.71. The van der Waals surface area contributed by atoms with Crippen LogP contribution in [0.5, 0.6) is 0 Å². The first kappa shape index (κ1) is 17.1. The fraction of sp³-hybridized carbons (Fsp3) is 0.238. The zero-order valence-corrected chi connectivity index (χ0v) is 15.0. The second-order valence-corrected chi connectivity index (χ2v) is 6.93. The number of carbonyl (C=O) groups is 1. The Morgan fingerprint density at radius 2 is 2.04 bits per heavy atom. The molecule has 6 nitrogen and oxygen atoms in total. The van der Waals surface area contributed by atoms with Crippen molar-refractivity contribution in [2.24, 2.45) is 0 Å². The van der Waals surface area contributed by atoms with Gasteiger partial charge in [0, 0.05) is 36.1 Å². The van der Waals surface area contributed by atoms with Crippen molar-refractivity contribution in [1.29, 1.82) is 0 Å². The first-order valence-corrected chi connectivity index (χ1v) is 9.01. The summed E-state index contributed by atoms with van der Waals surface area (Å²) in [6, 6.07) is 14.3. The minimum Gasteiger partial charge on any atom is -0.477 e. The molecule has 0 spiro atoms. The number of hydrogen-bond donors (Lipinski definition) is 3. The summed E-state index contributed by atoms with van der Waals surface area (Å²) in [6.45, 7) is 2.44. The van der Waals surface area contributed by atoms with E-state index in [4.69, 9.17) is 5.73 Å². The molecule has 0 aliphatic heterocycles. The molecule has 4 rings (SSSR count). The Bertz CT molecular complexity index is 1090. The first-order chi connectivity index (χ1) is 13.0. The summed E-state index contributed by atoms with van der Waals surface area (Å²) in [5.41, 5.74) is 8.43. The van der Waals surface area contributed by atoms with E-state index in [0.29, 0.717) is 29.7 Å². The number of nitrogens with two attached hydrogens (primary N) is 1. The normalized spacial score (nSPS) is 18.4. The quantitative estimate of drug-likeness (QED) is 0.605. The fourth-order valence-electron chi connectivity index (χ4n) is 3.68. The number of pyridine rings is 1. The van der Waals surface area contributed by atoms with E-state index in [0.717, 1.165) is 12.1 Å². The number of aromatic nitrogens is 1. The molecular weight excluding hydrogens is 342 g/mol. The van der Waals surface area contributed by atoms with E-state index in [2.05, 4.69) is 17.4 Å². The number of nitrogens with one attached hydrogen (secondary N) is 1. The van der Waals surface area contributed by atoms with Gasteiger partial charge >= 0.3 is 5.97 Å². The third-order valence-corrected chi connectivity index (χ3v) is 5.16. The molecule has 1 aromatic heterocycles. The zero-order valence-electron chi connectivity index (χ0n) is 15.0. The van der Waals surface area contributed by atoms with Crippen LogP contribution in [0.2, 0.25) is 0 Å². The number of aryl methyl sites for hydroxylation is 1. The van der Waals surface area contributed by atoms with Crippen LogP contribution in [-0.4, -0.2) is 21.7 Å². The molecule has 4 N–H and O–H groups in total. The monoisotopic (exact) mass is 363 g/mol. The Morgan fingerprint density at radius 1 is 1.30 bits per heavy atom. The molecule has 1 aliphatic carbocycles. The summed E-state index contributed by atoms with van der Waals surface area (Å²) in [7, 11) is 0. The van der Waals surface area contributed by atoms with Crippen LogP contribution in [0, 0.1) is 0 Å². The molecule has 2 atom stereocenters. The molecule has 3 aromatic rings. The SMILES string of the molecule is CCn1cc(C(=O)O)c(=O)c2c(N)cc(N[C@@H]3C[C@H]3c3ccccc3)cc21. The Morgan fingerprint density at radius 3 is 2.70 bits per heavy atom. The van der Waals surface area contributed by atoms with Gasteiger partial charge in [-0.1, -0.05) is 30.3 Å². The van der Waals surface area contributed by atoms with Gasteiger partial charge in [0.2, 0.25) is 5.43 Å². The predicted octanol–water partition coefficient (Wildman–Crippen LogP) is 3.27. The minimum absolute atomic E-state index is 0.261. The summed E-state index contributed by atoms with van der Waals surface area (Å²) in [5, 5.41) is 13.0. The van der Waals surface area contributed by atoms with E-state index in [1.807, 2.05) is 31.2 Å². The smallest absolute Gasteiger partial charge is 0.341 e. The van der Waals surface area contributed by atoms with Gasteiger partial charge in [0.25, 0.3) is 0 Å². The number of fused-ring (bicyclic) bond motifs is 1. The van der Waals surface area contributed by atoms with Crippen LogP contribution in [0.4, 0.5) is 11.4 Å². The van der Waals surface area contributed by atoms with Gasteiger partial charge in [-0.3, -0.25) is 4.79 Å². The summed E-state index contributed by atoms with van der Waals surface area (Å²) in [6.07, 6.45) is 2.43. The molecule has 0 bridgehead atoms. The van der Waals surface area contributed by atoms with Crippen molar-refractivity contribution in [2.75, 3.05) is 11.1 Å². The molecule has 6 heteroatoms. The largest absolute Gasteiger partial charge is 0.477 e. The molecule has 0 unspecified atom stereocenters. The molecular formula is C21H21N3O3. The van der Waals surface area contributed by atoms with Gasteiger partial charge in [-0.25, -0.2) is 4.79 Å². The molecule has 0 amide bonds. The molecule has 138 valence electrons. The van der Waals surface area contributed by atoms with Gasteiger partial charge in [0.1, 0.15) is 5.56 Å². The highest BCUT2D eigenvalue weighted by Crippen LogP contribution is 2.43. The van der Waals surface area contributed by atoms with E-state index in [1.54, 1.807) is 10.6 Å². The van der Waals surface area contributed by atoms with Crippen LogP contribution in [0.25, 0.3) is 10.9 Å². The predicted molar refractivity (Wildman–Crippen MR) is 106 cm³/mol. The molecule has 0 radical (unpaired) electrons. The third-order valence-electron chi connectivity index (χ3n) is 5.16. The average Bonchev–Trinajstić information content (AvgIpc) is 3.41. The topological polar surface area (TPSA) is 97.4 Å². The number of benzene rings is 2. The number of carboxylic acid groups (broad SMARTS) is 1. The van der Waals surface area contributed by atoms with Gasteiger partial charge in [-0.2, -0.15) is 0 Å². The second kappa shape index (κ2) is 6.46. The molecule has 1 fully saturated rings. The van der Waals surface area contributed by atoms with Crippen LogP contribution < -0.4 is 16.5 Å². The highest BCUT2D eigenvalue weighted by atomic mass is 16.4. The number of anilines is 2. The Hall–Kier alpha value is -3.28. The molecule has 27 heavy (non-hydrogen) atoms. The number of carboxylic acids is 1. The van der Waals surface area contributed by atoms with E-state index < -0.39 is 11.4 Å². The maximum absolute atomic E-state index is 12.5. The average molecular weight is 363 g/mol. The van der Waals surface area contributed by atoms with Gasteiger partial charge in [0.05, 0.1) is 10.9 Å². The zero-order chi connectivity index (χ0) is 19.1. The fourth-order valence-corrected chi connectivity index (χ4v) is 3.68. The van der Waals surface area contributed by atoms with Crippen LogP contribution in [0.1, 0.15) is 35.2 Å². The van der Waals surface area contributed by atoms with E-state index in [-0.39, 0.29) is 10.9 Å². The lowest BCUT2D eigenvalue weighted by Crippen LogP contribution is -2.20. The lowest BCUT2D eigenvalue weighted by atomic mass is 10.1. The van der Waals surface area contributed by atoms with Crippen molar-refractivity contribution in [3.63, 3.8) is 0 Å². The second-order valence-electron chi connectivity index (χ2n) is 6.93. The Labute approximate surface area is 156 Å². The van der Waals surface area contributed by atoms with Crippen molar-refractivity contribution in [3.05, 3.63) is 70.0 Å². The maximum atomic E-state index is 12.5. The highest BCUT2D eigenvalue weighted by molar-refractivity contribution is 5.98.